The Labute approximate surface area is 164 Å². The first-order valence-electron chi connectivity index (χ1n) is 8.45. The highest BCUT2D eigenvalue weighted by molar-refractivity contribution is 6.30. The fourth-order valence-corrected chi connectivity index (χ4v) is 2.80. The highest BCUT2D eigenvalue weighted by Crippen LogP contribution is 2.29. The molecule has 0 spiro atoms. The minimum atomic E-state index is -4.41. The average Bonchev–Trinajstić information content (AvgIpc) is 3.13. The minimum absolute atomic E-state index is 0.0242. The molecule has 0 saturated carbocycles. The quantitative estimate of drug-likeness (QED) is 0.605. The standard InChI is InChI=1S/C20H16ClF3N2O2/c21-17-7-4-14(5-8-17)19-15(12-28-26-19)6-9-18(27)25-11-13-2-1-3-16(10-13)20(22,23)24/h1-5,7-8,10,12H,6,9,11H2,(H,25,27). The third-order valence-electron chi connectivity index (χ3n) is 4.13. The van der Waals surface area contributed by atoms with Gasteiger partial charge in [0.15, 0.2) is 0 Å². The normalized spacial score (nSPS) is 11.4. The van der Waals surface area contributed by atoms with Crippen molar-refractivity contribution < 1.29 is 22.5 Å². The van der Waals surface area contributed by atoms with Crippen molar-refractivity contribution in [2.45, 2.75) is 25.6 Å². The van der Waals surface area contributed by atoms with Crippen molar-refractivity contribution >= 4 is 17.5 Å². The van der Waals surface area contributed by atoms with Crippen LogP contribution in [-0.2, 0) is 23.9 Å². The van der Waals surface area contributed by atoms with E-state index >= 15 is 0 Å². The molecule has 28 heavy (non-hydrogen) atoms. The zero-order chi connectivity index (χ0) is 20.1. The molecule has 0 aliphatic heterocycles. The maximum absolute atomic E-state index is 12.7. The van der Waals surface area contributed by atoms with E-state index in [9.17, 15) is 18.0 Å². The summed E-state index contributed by atoms with van der Waals surface area (Å²) < 4.78 is 43.2. The van der Waals surface area contributed by atoms with Crippen LogP contribution in [0.25, 0.3) is 11.3 Å². The summed E-state index contributed by atoms with van der Waals surface area (Å²) in [6, 6.07) is 11.9. The molecule has 0 aliphatic rings. The molecule has 1 heterocycles. The van der Waals surface area contributed by atoms with Gasteiger partial charge in [0, 0.05) is 29.1 Å². The summed E-state index contributed by atoms with van der Waals surface area (Å²) in [6.45, 7) is 0.0242. The van der Waals surface area contributed by atoms with Gasteiger partial charge >= 0.3 is 6.18 Å². The van der Waals surface area contributed by atoms with Gasteiger partial charge in [-0.3, -0.25) is 4.79 Å². The van der Waals surface area contributed by atoms with Crippen molar-refractivity contribution in [2.75, 3.05) is 0 Å². The predicted octanol–water partition coefficient (Wildman–Crippen LogP) is 5.26. The van der Waals surface area contributed by atoms with E-state index in [1.165, 1.54) is 18.4 Å². The smallest absolute Gasteiger partial charge is 0.364 e. The van der Waals surface area contributed by atoms with Crippen molar-refractivity contribution in [3.8, 4) is 11.3 Å². The number of benzene rings is 2. The number of nitrogens with one attached hydrogen (secondary N) is 1. The van der Waals surface area contributed by atoms with Crippen LogP contribution in [-0.4, -0.2) is 11.1 Å². The average molecular weight is 409 g/mol. The van der Waals surface area contributed by atoms with Crippen LogP contribution in [0.1, 0.15) is 23.1 Å². The zero-order valence-corrected chi connectivity index (χ0v) is 15.3. The Morgan fingerprint density at radius 3 is 2.61 bits per heavy atom. The lowest BCUT2D eigenvalue weighted by atomic mass is 10.0. The van der Waals surface area contributed by atoms with Crippen molar-refractivity contribution in [3.05, 3.63) is 76.5 Å². The van der Waals surface area contributed by atoms with E-state index in [1.54, 1.807) is 24.3 Å². The van der Waals surface area contributed by atoms with E-state index in [1.807, 2.05) is 0 Å². The second kappa shape index (κ2) is 8.48. The van der Waals surface area contributed by atoms with Crippen molar-refractivity contribution in [3.63, 3.8) is 0 Å². The van der Waals surface area contributed by atoms with Crippen LogP contribution in [0.5, 0.6) is 0 Å². The fourth-order valence-electron chi connectivity index (χ4n) is 2.68. The molecule has 8 heteroatoms. The summed E-state index contributed by atoms with van der Waals surface area (Å²) in [4.78, 5) is 12.1. The fraction of sp³-hybridized carbons (Fsp3) is 0.200. The zero-order valence-electron chi connectivity index (χ0n) is 14.6. The molecule has 0 saturated heterocycles. The Hall–Kier alpha value is -2.80. The van der Waals surface area contributed by atoms with Crippen LogP contribution < -0.4 is 5.32 Å². The molecule has 1 aromatic heterocycles. The van der Waals surface area contributed by atoms with Gasteiger partial charge < -0.3 is 9.84 Å². The maximum atomic E-state index is 12.7. The second-order valence-electron chi connectivity index (χ2n) is 6.17. The van der Waals surface area contributed by atoms with Crippen LogP contribution >= 0.6 is 11.6 Å². The number of hydrogen-bond acceptors (Lipinski definition) is 3. The first-order valence-corrected chi connectivity index (χ1v) is 8.83. The number of aryl methyl sites for hydroxylation is 1. The lowest BCUT2D eigenvalue weighted by Crippen LogP contribution is -2.23. The Bertz CT molecular complexity index is 953. The summed E-state index contributed by atoms with van der Waals surface area (Å²) in [6.07, 6.45) is -2.40. The summed E-state index contributed by atoms with van der Waals surface area (Å²) >= 11 is 5.88. The molecule has 1 amide bonds. The molecule has 3 rings (SSSR count). The number of alkyl halides is 3. The SMILES string of the molecule is O=C(CCc1conc1-c1ccc(Cl)cc1)NCc1cccc(C(F)(F)F)c1. The number of rotatable bonds is 6. The molecule has 0 aliphatic carbocycles. The van der Waals surface area contributed by atoms with Gasteiger partial charge in [0.05, 0.1) is 5.56 Å². The number of nitrogens with zero attached hydrogens (tertiary/aromatic N) is 1. The van der Waals surface area contributed by atoms with E-state index < -0.39 is 11.7 Å². The molecule has 0 unspecified atom stereocenters. The van der Waals surface area contributed by atoms with Gasteiger partial charge in [0.2, 0.25) is 5.91 Å². The van der Waals surface area contributed by atoms with Crippen LogP contribution in [0.2, 0.25) is 5.02 Å². The molecule has 0 atom stereocenters. The van der Waals surface area contributed by atoms with Gasteiger partial charge in [-0.15, -0.1) is 0 Å². The third kappa shape index (κ3) is 5.13. The number of aromatic nitrogens is 1. The first kappa shape index (κ1) is 19.9. The first-order chi connectivity index (χ1) is 13.3. The van der Waals surface area contributed by atoms with Crippen molar-refractivity contribution in [1.29, 1.82) is 0 Å². The minimum Gasteiger partial charge on any atom is -0.364 e. The molecule has 2 aromatic carbocycles. The molecule has 0 radical (unpaired) electrons. The van der Waals surface area contributed by atoms with Crippen LogP contribution in [0.4, 0.5) is 13.2 Å². The third-order valence-corrected chi connectivity index (χ3v) is 4.38. The molecule has 3 aromatic rings. The Balaban J connectivity index is 1.56. The van der Waals surface area contributed by atoms with E-state index in [-0.39, 0.29) is 18.9 Å². The summed E-state index contributed by atoms with van der Waals surface area (Å²) in [5.41, 5.74) is 1.85. The van der Waals surface area contributed by atoms with E-state index in [2.05, 4.69) is 10.5 Å². The summed E-state index contributed by atoms with van der Waals surface area (Å²) in [5, 5.41) is 7.20. The topological polar surface area (TPSA) is 55.1 Å². The van der Waals surface area contributed by atoms with Gasteiger partial charge in [-0.2, -0.15) is 13.2 Å². The lowest BCUT2D eigenvalue weighted by molar-refractivity contribution is -0.137. The number of carbonyl (C=O) groups is 1. The molecule has 146 valence electrons. The van der Waals surface area contributed by atoms with Gasteiger partial charge in [0.1, 0.15) is 12.0 Å². The molecule has 1 N–H and O–H groups in total. The van der Waals surface area contributed by atoms with Gasteiger partial charge in [-0.25, -0.2) is 0 Å². The summed E-state index contributed by atoms with van der Waals surface area (Å²) in [7, 11) is 0. The highest BCUT2D eigenvalue weighted by atomic mass is 35.5. The molecule has 0 bridgehead atoms. The van der Waals surface area contributed by atoms with Gasteiger partial charge in [-0.1, -0.05) is 41.0 Å². The van der Waals surface area contributed by atoms with Crippen LogP contribution in [0.3, 0.4) is 0 Å². The monoisotopic (exact) mass is 408 g/mol. The van der Waals surface area contributed by atoms with Crippen LogP contribution in [0, 0.1) is 0 Å². The number of amides is 1. The molecule has 0 fully saturated rings. The highest BCUT2D eigenvalue weighted by Gasteiger charge is 2.30. The van der Waals surface area contributed by atoms with E-state index in [4.69, 9.17) is 16.1 Å². The van der Waals surface area contributed by atoms with Crippen molar-refractivity contribution in [2.24, 2.45) is 0 Å². The Morgan fingerprint density at radius 1 is 1.14 bits per heavy atom. The van der Waals surface area contributed by atoms with Gasteiger partial charge in [0.25, 0.3) is 0 Å². The van der Waals surface area contributed by atoms with Gasteiger partial charge in [-0.05, 0) is 36.2 Å². The van der Waals surface area contributed by atoms with E-state index in [0.29, 0.717) is 22.7 Å². The maximum Gasteiger partial charge on any atom is 0.416 e. The largest absolute Gasteiger partial charge is 0.416 e. The number of hydrogen-bond donors (Lipinski definition) is 1. The van der Waals surface area contributed by atoms with Crippen LogP contribution in [0.15, 0.2) is 59.3 Å². The Morgan fingerprint density at radius 2 is 1.89 bits per heavy atom. The predicted molar refractivity (Wildman–Crippen MR) is 98.6 cm³/mol. The molecular formula is C20H16ClF3N2O2. The number of carbonyl (C=O) groups excluding carboxylic acids is 1. The summed E-state index contributed by atoms with van der Waals surface area (Å²) in [5.74, 6) is -0.277. The van der Waals surface area contributed by atoms with Crippen molar-refractivity contribution in [1.82, 2.24) is 10.5 Å². The lowest BCUT2D eigenvalue weighted by Gasteiger charge is -2.09. The van der Waals surface area contributed by atoms with E-state index in [0.717, 1.165) is 23.3 Å². The molecule has 4 nitrogen and oxygen atoms in total. The second-order valence-corrected chi connectivity index (χ2v) is 6.61. The Kier molecular flexibility index (Phi) is 6.04. The molecular weight excluding hydrogens is 393 g/mol. The number of halogens is 4.